The lowest BCUT2D eigenvalue weighted by Crippen LogP contribution is -2.43. The number of halogens is 1. The molecule has 1 atom stereocenters. The number of H-pyrrole nitrogens is 1. The smallest absolute Gasteiger partial charge is 0.260 e. The number of rotatable bonds is 6. The Kier molecular flexibility index (Phi) is 6.11. The van der Waals surface area contributed by atoms with Gasteiger partial charge in [0.15, 0.2) is 5.03 Å². The van der Waals surface area contributed by atoms with Gasteiger partial charge in [0.25, 0.3) is 10.0 Å². The molecule has 1 amide bonds. The van der Waals surface area contributed by atoms with Gasteiger partial charge in [-0.3, -0.25) is 4.79 Å². The maximum atomic E-state index is 12.8. The van der Waals surface area contributed by atoms with Crippen LogP contribution < -0.4 is 14.8 Å². The molecule has 1 fully saturated rings. The number of aromatic nitrogens is 2. The van der Waals surface area contributed by atoms with Gasteiger partial charge < -0.3 is 19.8 Å². The molecular weight excluding hydrogens is 408 g/mol. The van der Waals surface area contributed by atoms with E-state index in [0.29, 0.717) is 41.6 Å². The topological polar surface area (TPSA) is 114 Å². The van der Waals surface area contributed by atoms with Crippen molar-refractivity contribution in [1.82, 2.24) is 14.3 Å². The summed E-state index contributed by atoms with van der Waals surface area (Å²) >= 11 is 6.14. The minimum Gasteiger partial charge on any atom is -0.495 e. The fourth-order valence-electron chi connectivity index (χ4n) is 3.09. The molecule has 1 aromatic carbocycles. The van der Waals surface area contributed by atoms with Crippen LogP contribution in [0.5, 0.6) is 11.5 Å². The molecule has 11 heteroatoms. The van der Waals surface area contributed by atoms with E-state index < -0.39 is 15.9 Å². The molecule has 2 N–H and O–H groups in total. The monoisotopic (exact) mass is 428 g/mol. The molecule has 1 aromatic heterocycles. The van der Waals surface area contributed by atoms with E-state index in [1.165, 1.54) is 31.0 Å². The fraction of sp³-hybridized carbons (Fsp3) is 0.412. The summed E-state index contributed by atoms with van der Waals surface area (Å²) in [5.41, 5.74) is 0.395. The number of carbonyl (C=O) groups excluding carboxylic acids is 1. The number of methoxy groups -OCH3 is 2. The number of nitrogens with zero attached hydrogens (tertiary/aromatic N) is 2. The summed E-state index contributed by atoms with van der Waals surface area (Å²) in [6.07, 6.45) is 3.71. The molecule has 2 heterocycles. The van der Waals surface area contributed by atoms with Gasteiger partial charge in [0.2, 0.25) is 5.91 Å². The number of hydrogen-bond donors (Lipinski definition) is 2. The number of imidazole rings is 1. The van der Waals surface area contributed by atoms with E-state index in [-0.39, 0.29) is 17.5 Å². The second-order valence-electron chi connectivity index (χ2n) is 6.29. The number of ether oxygens (including phenoxy) is 2. The third-order valence-corrected chi connectivity index (χ3v) is 6.66. The van der Waals surface area contributed by atoms with Crippen molar-refractivity contribution in [2.75, 3.05) is 32.6 Å². The number of nitrogens with one attached hydrogen (secondary N) is 2. The van der Waals surface area contributed by atoms with Gasteiger partial charge in [0.05, 0.1) is 43.4 Å². The maximum absolute atomic E-state index is 12.8. The fourth-order valence-corrected chi connectivity index (χ4v) is 4.75. The summed E-state index contributed by atoms with van der Waals surface area (Å²) in [5, 5.41) is 3.12. The zero-order valence-electron chi connectivity index (χ0n) is 15.4. The number of sulfonamides is 1. The average molecular weight is 429 g/mol. The summed E-state index contributed by atoms with van der Waals surface area (Å²) in [4.78, 5) is 19.1. The van der Waals surface area contributed by atoms with Crippen molar-refractivity contribution >= 4 is 33.2 Å². The predicted octanol–water partition coefficient (Wildman–Crippen LogP) is 2.12. The van der Waals surface area contributed by atoms with Crippen LogP contribution in [0.25, 0.3) is 0 Å². The van der Waals surface area contributed by atoms with Gasteiger partial charge >= 0.3 is 0 Å². The Hall–Kier alpha value is -2.30. The van der Waals surface area contributed by atoms with E-state index in [2.05, 4.69) is 15.3 Å². The number of piperidine rings is 1. The summed E-state index contributed by atoms with van der Waals surface area (Å²) in [7, 11) is -0.762. The summed E-state index contributed by atoms with van der Waals surface area (Å²) in [5.74, 6) is 0.0134. The lowest BCUT2D eigenvalue weighted by molar-refractivity contribution is -0.120. The quantitative estimate of drug-likeness (QED) is 0.728. The first kappa shape index (κ1) is 20.4. The molecule has 0 radical (unpaired) electrons. The van der Waals surface area contributed by atoms with Crippen molar-refractivity contribution in [3.8, 4) is 11.5 Å². The van der Waals surface area contributed by atoms with Crippen LogP contribution in [0, 0.1) is 5.92 Å². The second-order valence-corrected chi connectivity index (χ2v) is 8.61. The first-order chi connectivity index (χ1) is 13.4. The van der Waals surface area contributed by atoms with E-state index in [0.717, 1.165) is 0 Å². The second kappa shape index (κ2) is 8.38. The Morgan fingerprint density at radius 3 is 2.71 bits per heavy atom. The Bertz CT molecular complexity index is 949. The van der Waals surface area contributed by atoms with Gasteiger partial charge in [-0.25, -0.2) is 13.4 Å². The van der Waals surface area contributed by atoms with E-state index in [1.54, 1.807) is 12.1 Å². The Balaban J connectivity index is 1.76. The molecular formula is C17H21ClN4O5S. The Morgan fingerprint density at radius 2 is 2.07 bits per heavy atom. The molecule has 1 saturated heterocycles. The lowest BCUT2D eigenvalue weighted by atomic mass is 9.98. The van der Waals surface area contributed by atoms with Crippen molar-refractivity contribution in [2.45, 2.75) is 17.9 Å². The van der Waals surface area contributed by atoms with E-state index >= 15 is 0 Å². The first-order valence-corrected chi connectivity index (χ1v) is 10.4. The van der Waals surface area contributed by atoms with Gasteiger partial charge in [0.1, 0.15) is 11.5 Å². The van der Waals surface area contributed by atoms with Crippen LogP contribution in [0.2, 0.25) is 5.02 Å². The van der Waals surface area contributed by atoms with Crippen LogP contribution in [-0.4, -0.2) is 55.9 Å². The minimum atomic E-state index is -3.71. The molecule has 0 saturated carbocycles. The van der Waals surface area contributed by atoms with Crippen LogP contribution in [0.3, 0.4) is 0 Å². The zero-order valence-corrected chi connectivity index (χ0v) is 17.0. The normalized spacial score (nSPS) is 17.9. The highest BCUT2D eigenvalue weighted by molar-refractivity contribution is 7.89. The highest BCUT2D eigenvalue weighted by Crippen LogP contribution is 2.36. The van der Waals surface area contributed by atoms with Crippen molar-refractivity contribution < 1.29 is 22.7 Å². The molecule has 0 aliphatic carbocycles. The summed E-state index contributed by atoms with van der Waals surface area (Å²) in [6, 6.07) is 3.12. The van der Waals surface area contributed by atoms with Crippen LogP contribution in [-0.2, 0) is 14.8 Å². The average Bonchev–Trinajstić information content (AvgIpc) is 3.24. The van der Waals surface area contributed by atoms with Crippen LogP contribution >= 0.6 is 11.6 Å². The molecule has 0 bridgehead atoms. The zero-order chi connectivity index (χ0) is 20.3. The molecule has 9 nitrogen and oxygen atoms in total. The van der Waals surface area contributed by atoms with Crippen molar-refractivity contribution in [3.63, 3.8) is 0 Å². The third kappa shape index (κ3) is 4.08. The number of anilines is 1. The number of amides is 1. The number of carbonyl (C=O) groups is 1. The van der Waals surface area contributed by atoms with Gasteiger partial charge in [-0.15, -0.1) is 0 Å². The standard InChI is InChI=1S/C17H21ClN4O5S/c1-26-14-7-15(27-2)13(6-12(14)18)21-17(23)11-4-3-5-22(9-11)28(24,25)16-8-19-10-20-16/h6-8,10-11H,3-5,9H2,1-2H3,(H,19,20)(H,21,23). The first-order valence-electron chi connectivity index (χ1n) is 8.57. The maximum Gasteiger partial charge on any atom is 0.260 e. The molecule has 2 aromatic rings. The van der Waals surface area contributed by atoms with Gasteiger partial charge in [-0.1, -0.05) is 11.6 Å². The van der Waals surface area contributed by atoms with Crippen LogP contribution in [0.15, 0.2) is 29.7 Å². The summed E-state index contributed by atoms with van der Waals surface area (Å²) in [6.45, 7) is 0.433. The van der Waals surface area contributed by atoms with Crippen molar-refractivity contribution in [1.29, 1.82) is 0 Å². The summed E-state index contributed by atoms with van der Waals surface area (Å²) < 4.78 is 37.1. The Morgan fingerprint density at radius 1 is 1.32 bits per heavy atom. The number of benzene rings is 1. The van der Waals surface area contributed by atoms with Gasteiger partial charge in [-0.05, 0) is 18.9 Å². The van der Waals surface area contributed by atoms with Gasteiger partial charge in [0, 0.05) is 19.2 Å². The predicted molar refractivity (Wildman–Crippen MR) is 103 cm³/mol. The number of hydrogen-bond acceptors (Lipinski definition) is 6. The molecule has 1 aliphatic heterocycles. The largest absolute Gasteiger partial charge is 0.495 e. The molecule has 1 aliphatic rings. The van der Waals surface area contributed by atoms with Crippen molar-refractivity contribution in [3.05, 3.63) is 29.7 Å². The molecule has 28 heavy (non-hydrogen) atoms. The Labute approximate surface area is 168 Å². The van der Waals surface area contributed by atoms with Gasteiger partial charge in [-0.2, -0.15) is 4.31 Å². The lowest BCUT2D eigenvalue weighted by Gasteiger charge is -2.30. The van der Waals surface area contributed by atoms with Crippen molar-refractivity contribution in [2.24, 2.45) is 5.92 Å². The molecule has 3 rings (SSSR count). The van der Waals surface area contributed by atoms with E-state index in [4.69, 9.17) is 21.1 Å². The van der Waals surface area contributed by atoms with Crippen LogP contribution in [0.1, 0.15) is 12.8 Å². The van der Waals surface area contributed by atoms with E-state index in [1.807, 2.05) is 0 Å². The van der Waals surface area contributed by atoms with Crippen LogP contribution in [0.4, 0.5) is 5.69 Å². The SMILES string of the molecule is COc1cc(OC)c(NC(=O)C2CCCN(S(=O)(=O)c3cnc[nH]3)C2)cc1Cl. The highest BCUT2D eigenvalue weighted by atomic mass is 35.5. The number of aromatic amines is 1. The molecule has 152 valence electrons. The molecule has 0 spiro atoms. The minimum absolute atomic E-state index is 0.0113. The third-order valence-electron chi connectivity index (χ3n) is 4.58. The highest BCUT2D eigenvalue weighted by Gasteiger charge is 2.34. The van der Waals surface area contributed by atoms with E-state index in [9.17, 15) is 13.2 Å². The molecule has 1 unspecified atom stereocenters.